The molecule has 1 fully saturated rings. The highest BCUT2D eigenvalue weighted by molar-refractivity contribution is 5.70. The molecule has 8 nitrogen and oxygen atoms in total. The van der Waals surface area contributed by atoms with E-state index < -0.39 is 5.97 Å². The molecule has 1 aromatic heterocycles. The Labute approximate surface area is 191 Å². The van der Waals surface area contributed by atoms with E-state index in [1.807, 2.05) is 0 Å². The van der Waals surface area contributed by atoms with E-state index >= 15 is 0 Å². The molecule has 1 aliphatic rings. The van der Waals surface area contributed by atoms with Crippen LogP contribution in [0.15, 0.2) is 48.5 Å². The zero-order valence-electron chi connectivity index (χ0n) is 18.2. The summed E-state index contributed by atoms with van der Waals surface area (Å²) in [7, 11) is 0. The summed E-state index contributed by atoms with van der Waals surface area (Å²) in [4.78, 5) is 24.3. The first kappa shape index (κ1) is 22.4. The second-order valence-electron chi connectivity index (χ2n) is 8.22. The molecule has 172 valence electrons. The Kier molecular flexibility index (Phi) is 7.29. The Bertz CT molecular complexity index is 1070. The number of aliphatic carboxylic acids is 1. The van der Waals surface area contributed by atoms with Crippen molar-refractivity contribution in [3.8, 4) is 0 Å². The molecule has 33 heavy (non-hydrogen) atoms. The number of anilines is 5. The number of benzene rings is 2. The van der Waals surface area contributed by atoms with E-state index in [1.165, 1.54) is 44.2 Å². The third-order valence-electron chi connectivity index (χ3n) is 5.57. The van der Waals surface area contributed by atoms with Crippen LogP contribution in [0.25, 0.3) is 0 Å². The molecule has 0 spiro atoms. The molecule has 0 unspecified atom stereocenters. The van der Waals surface area contributed by atoms with Gasteiger partial charge in [-0.3, -0.25) is 4.79 Å². The summed E-state index contributed by atoms with van der Waals surface area (Å²) in [6.45, 7) is 0.795. The number of hydrogen-bond donors (Lipinski definition) is 4. The molecule has 1 aliphatic carbocycles. The van der Waals surface area contributed by atoms with Crippen molar-refractivity contribution in [2.75, 3.05) is 22.5 Å². The maximum atomic E-state index is 13.2. The van der Waals surface area contributed by atoms with Gasteiger partial charge < -0.3 is 21.1 Å². The summed E-state index contributed by atoms with van der Waals surface area (Å²) >= 11 is 0. The van der Waals surface area contributed by atoms with Crippen molar-refractivity contribution in [1.29, 1.82) is 0 Å². The van der Waals surface area contributed by atoms with Crippen molar-refractivity contribution >= 4 is 35.2 Å². The molecular formula is C24H27FN6O2. The summed E-state index contributed by atoms with van der Waals surface area (Å²) < 4.78 is 13.2. The van der Waals surface area contributed by atoms with E-state index in [-0.39, 0.29) is 12.2 Å². The first-order chi connectivity index (χ1) is 16.0. The van der Waals surface area contributed by atoms with Gasteiger partial charge in [-0.2, -0.15) is 15.0 Å². The Morgan fingerprint density at radius 2 is 1.39 bits per heavy atom. The van der Waals surface area contributed by atoms with Gasteiger partial charge in [0.15, 0.2) is 0 Å². The van der Waals surface area contributed by atoms with Crippen LogP contribution in [0.5, 0.6) is 0 Å². The molecule has 0 bridgehead atoms. The Hall–Kier alpha value is -3.75. The van der Waals surface area contributed by atoms with Crippen molar-refractivity contribution in [3.63, 3.8) is 0 Å². The molecule has 1 saturated carbocycles. The van der Waals surface area contributed by atoms with Gasteiger partial charge in [-0.15, -0.1) is 0 Å². The highest BCUT2D eigenvalue weighted by Crippen LogP contribution is 2.24. The zero-order chi connectivity index (χ0) is 23.0. The largest absolute Gasteiger partial charge is 0.481 e. The second-order valence-corrected chi connectivity index (χ2v) is 8.22. The molecular weight excluding hydrogens is 423 g/mol. The highest BCUT2D eigenvalue weighted by atomic mass is 19.1. The molecule has 4 rings (SSSR count). The molecule has 1 heterocycles. The van der Waals surface area contributed by atoms with Crippen LogP contribution in [-0.2, 0) is 11.2 Å². The quantitative estimate of drug-likeness (QED) is 0.356. The van der Waals surface area contributed by atoms with E-state index in [0.29, 0.717) is 35.0 Å². The summed E-state index contributed by atoms with van der Waals surface area (Å²) in [6.07, 6.45) is 6.18. The van der Waals surface area contributed by atoms with Crippen molar-refractivity contribution in [3.05, 3.63) is 59.9 Å². The van der Waals surface area contributed by atoms with Gasteiger partial charge in [-0.25, -0.2) is 4.39 Å². The molecule has 0 amide bonds. The summed E-state index contributed by atoms with van der Waals surface area (Å²) in [5, 5.41) is 18.5. The normalized spacial score (nSPS) is 14.0. The topological polar surface area (TPSA) is 112 Å². The van der Waals surface area contributed by atoms with Crippen LogP contribution < -0.4 is 16.0 Å². The minimum absolute atomic E-state index is 0.0347. The van der Waals surface area contributed by atoms with Crippen LogP contribution in [0.1, 0.15) is 37.7 Å². The molecule has 2 aromatic carbocycles. The summed E-state index contributed by atoms with van der Waals surface area (Å²) in [5.74, 6) is 0.519. The van der Waals surface area contributed by atoms with Crippen LogP contribution in [0, 0.1) is 11.7 Å². The number of rotatable bonds is 9. The van der Waals surface area contributed by atoms with E-state index in [4.69, 9.17) is 5.11 Å². The molecule has 4 N–H and O–H groups in total. The summed E-state index contributed by atoms with van der Waals surface area (Å²) in [5.41, 5.74) is 2.09. The lowest BCUT2D eigenvalue weighted by molar-refractivity contribution is -0.136. The lowest BCUT2D eigenvalue weighted by atomic mass is 9.89. The molecule has 0 saturated heterocycles. The van der Waals surface area contributed by atoms with Gasteiger partial charge in [0.25, 0.3) is 0 Å². The van der Waals surface area contributed by atoms with E-state index in [1.54, 1.807) is 36.4 Å². The maximum Gasteiger partial charge on any atom is 0.307 e. The third kappa shape index (κ3) is 6.86. The van der Waals surface area contributed by atoms with Gasteiger partial charge in [-0.05, 0) is 60.7 Å². The van der Waals surface area contributed by atoms with Gasteiger partial charge in [0, 0.05) is 17.9 Å². The van der Waals surface area contributed by atoms with Crippen LogP contribution in [0.4, 0.5) is 33.6 Å². The zero-order valence-corrected chi connectivity index (χ0v) is 18.2. The van der Waals surface area contributed by atoms with Crippen LogP contribution in [0.2, 0.25) is 0 Å². The summed E-state index contributed by atoms with van der Waals surface area (Å²) in [6, 6.07) is 13.0. The van der Waals surface area contributed by atoms with Crippen LogP contribution in [0.3, 0.4) is 0 Å². The van der Waals surface area contributed by atoms with Crippen molar-refractivity contribution in [1.82, 2.24) is 15.0 Å². The standard InChI is InChI=1S/C24H27FN6O2/c25-18-8-12-20(13-9-18)28-24-30-22(26-15-17-4-2-1-3-5-17)29-23(31-24)27-19-10-6-16(7-11-19)14-21(32)33/h6-13,17H,1-5,14-15H2,(H,32,33)(H3,26,27,28,29,30,31). The second kappa shape index (κ2) is 10.7. The highest BCUT2D eigenvalue weighted by Gasteiger charge is 2.15. The van der Waals surface area contributed by atoms with Crippen molar-refractivity contribution < 1.29 is 14.3 Å². The third-order valence-corrected chi connectivity index (χ3v) is 5.57. The molecule has 0 atom stereocenters. The fraction of sp³-hybridized carbons (Fsp3) is 0.333. The molecule has 0 aliphatic heterocycles. The Morgan fingerprint density at radius 1 is 0.848 bits per heavy atom. The van der Waals surface area contributed by atoms with Gasteiger partial charge in [0.1, 0.15) is 5.82 Å². The van der Waals surface area contributed by atoms with Crippen molar-refractivity contribution in [2.24, 2.45) is 5.92 Å². The number of carboxylic acid groups (broad SMARTS) is 1. The van der Waals surface area contributed by atoms with Gasteiger partial charge in [0.2, 0.25) is 17.8 Å². The number of hydrogen-bond acceptors (Lipinski definition) is 7. The maximum absolute atomic E-state index is 13.2. The fourth-order valence-corrected chi connectivity index (χ4v) is 3.87. The monoisotopic (exact) mass is 450 g/mol. The lowest BCUT2D eigenvalue weighted by Crippen LogP contribution is -2.19. The number of halogens is 1. The van der Waals surface area contributed by atoms with E-state index in [9.17, 15) is 9.18 Å². The number of carboxylic acids is 1. The number of nitrogens with zero attached hydrogens (tertiary/aromatic N) is 3. The smallest absolute Gasteiger partial charge is 0.307 e. The number of aromatic nitrogens is 3. The minimum Gasteiger partial charge on any atom is -0.481 e. The molecule has 3 aromatic rings. The lowest BCUT2D eigenvalue weighted by Gasteiger charge is -2.21. The van der Waals surface area contributed by atoms with Gasteiger partial charge in [-0.1, -0.05) is 31.4 Å². The number of nitrogens with one attached hydrogen (secondary N) is 3. The average molecular weight is 451 g/mol. The Balaban J connectivity index is 1.51. The van der Waals surface area contributed by atoms with Gasteiger partial charge in [0.05, 0.1) is 6.42 Å². The van der Waals surface area contributed by atoms with Crippen molar-refractivity contribution in [2.45, 2.75) is 38.5 Å². The predicted molar refractivity (Wildman–Crippen MR) is 126 cm³/mol. The van der Waals surface area contributed by atoms with E-state index in [0.717, 1.165) is 12.2 Å². The fourth-order valence-electron chi connectivity index (χ4n) is 3.87. The van der Waals surface area contributed by atoms with Crippen LogP contribution >= 0.6 is 0 Å². The van der Waals surface area contributed by atoms with Crippen LogP contribution in [-0.4, -0.2) is 32.6 Å². The first-order valence-corrected chi connectivity index (χ1v) is 11.1. The van der Waals surface area contributed by atoms with E-state index in [2.05, 4.69) is 30.9 Å². The van der Waals surface area contributed by atoms with Gasteiger partial charge >= 0.3 is 5.97 Å². The average Bonchev–Trinajstić information content (AvgIpc) is 2.81. The molecule has 0 radical (unpaired) electrons. The predicted octanol–water partition coefficient (Wildman–Crippen LogP) is 5.12. The SMILES string of the molecule is O=C(O)Cc1ccc(Nc2nc(NCC3CCCCC3)nc(Nc3ccc(F)cc3)n2)cc1. The Morgan fingerprint density at radius 3 is 1.97 bits per heavy atom. The minimum atomic E-state index is -0.877. The molecule has 9 heteroatoms. The first-order valence-electron chi connectivity index (χ1n) is 11.1. The number of carbonyl (C=O) groups is 1.